The summed E-state index contributed by atoms with van der Waals surface area (Å²) in [6.45, 7) is 0. The van der Waals surface area contributed by atoms with Crippen molar-refractivity contribution < 1.29 is 19.5 Å². The number of carbonyl (C=O) groups excluding carboxylic acids is 2. The molecule has 2 unspecified atom stereocenters. The molecule has 7 heteroatoms. The number of carbonyl (C=O) groups is 3. The fourth-order valence-electron chi connectivity index (χ4n) is 2.47. The predicted molar refractivity (Wildman–Crippen MR) is 76.7 cm³/mol. The molecule has 2 atom stereocenters. The fourth-order valence-corrected chi connectivity index (χ4v) is 2.47. The lowest BCUT2D eigenvalue weighted by Gasteiger charge is -2.11. The Hall–Kier alpha value is -2.57. The highest BCUT2D eigenvalue weighted by atomic mass is 16.4. The first kappa shape index (κ1) is 14.8. The number of benzene rings is 1. The molecule has 21 heavy (non-hydrogen) atoms. The molecule has 7 nitrogen and oxygen atoms in total. The maximum Gasteiger partial charge on any atom is 0.316 e. The highest BCUT2D eigenvalue weighted by molar-refractivity contribution is 5.94. The third-order valence-electron chi connectivity index (χ3n) is 3.57. The van der Waals surface area contributed by atoms with Crippen molar-refractivity contribution in [3.05, 3.63) is 24.3 Å². The number of urea groups is 1. The van der Waals surface area contributed by atoms with Crippen molar-refractivity contribution in [3.8, 4) is 0 Å². The molecular weight excluding hydrogens is 274 g/mol. The van der Waals surface area contributed by atoms with Crippen LogP contribution in [0.4, 0.5) is 16.2 Å². The van der Waals surface area contributed by atoms with Gasteiger partial charge in [0, 0.05) is 17.3 Å². The first-order valence-corrected chi connectivity index (χ1v) is 6.66. The van der Waals surface area contributed by atoms with E-state index in [1.54, 1.807) is 24.3 Å². The van der Waals surface area contributed by atoms with Gasteiger partial charge in [-0.15, -0.1) is 0 Å². The Balaban J connectivity index is 1.91. The lowest BCUT2D eigenvalue weighted by molar-refractivity contribution is -0.141. The number of carboxylic acids is 1. The van der Waals surface area contributed by atoms with Crippen LogP contribution in [0.15, 0.2) is 24.3 Å². The number of hydrogen-bond acceptors (Lipinski definition) is 3. The van der Waals surface area contributed by atoms with E-state index in [9.17, 15) is 14.4 Å². The van der Waals surface area contributed by atoms with Crippen molar-refractivity contribution in [1.82, 2.24) is 0 Å². The van der Waals surface area contributed by atoms with E-state index < -0.39 is 17.9 Å². The molecule has 5 N–H and O–H groups in total. The standard InChI is InChI=1S/C14H17N3O4/c15-14(21)17-11-5-3-10(4-6-11)16-12(18)8-1-2-9(7-8)13(19)20/h3-6,8-9H,1-2,7H2,(H,16,18)(H,19,20)(H3,15,17,21). The summed E-state index contributed by atoms with van der Waals surface area (Å²) in [6, 6.07) is 5.88. The molecule has 0 aromatic heterocycles. The Morgan fingerprint density at radius 2 is 1.52 bits per heavy atom. The highest BCUT2D eigenvalue weighted by Crippen LogP contribution is 2.31. The maximum absolute atomic E-state index is 12.1. The van der Waals surface area contributed by atoms with Crippen LogP contribution < -0.4 is 16.4 Å². The number of nitrogens with two attached hydrogens (primary N) is 1. The zero-order valence-electron chi connectivity index (χ0n) is 11.3. The van der Waals surface area contributed by atoms with E-state index >= 15 is 0 Å². The molecule has 112 valence electrons. The van der Waals surface area contributed by atoms with Crippen LogP contribution in [0.1, 0.15) is 19.3 Å². The third-order valence-corrected chi connectivity index (χ3v) is 3.57. The lowest BCUT2D eigenvalue weighted by atomic mass is 10.0. The smallest absolute Gasteiger partial charge is 0.316 e. The van der Waals surface area contributed by atoms with Crippen LogP contribution >= 0.6 is 0 Å². The summed E-state index contributed by atoms with van der Waals surface area (Å²) in [7, 11) is 0. The van der Waals surface area contributed by atoms with Gasteiger partial charge in [0.05, 0.1) is 5.92 Å². The third kappa shape index (κ3) is 3.95. The molecule has 1 saturated carbocycles. The molecule has 2 rings (SSSR count). The zero-order valence-corrected chi connectivity index (χ0v) is 11.3. The van der Waals surface area contributed by atoms with Crippen LogP contribution in [-0.4, -0.2) is 23.0 Å². The summed E-state index contributed by atoms with van der Waals surface area (Å²) in [5.74, 6) is -1.71. The van der Waals surface area contributed by atoms with E-state index in [-0.39, 0.29) is 11.8 Å². The van der Waals surface area contributed by atoms with E-state index in [2.05, 4.69) is 10.6 Å². The maximum atomic E-state index is 12.1. The minimum atomic E-state index is -0.841. The topological polar surface area (TPSA) is 122 Å². The van der Waals surface area contributed by atoms with Gasteiger partial charge in [-0.1, -0.05) is 0 Å². The molecule has 0 heterocycles. The SMILES string of the molecule is NC(=O)Nc1ccc(NC(=O)C2CCC(C(=O)O)C2)cc1. The second-order valence-electron chi connectivity index (χ2n) is 5.10. The number of anilines is 2. The summed E-state index contributed by atoms with van der Waals surface area (Å²) >= 11 is 0. The molecule has 0 radical (unpaired) electrons. The minimum Gasteiger partial charge on any atom is -0.481 e. The first-order chi connectivity index (χ1) is 9.95. The molecule has 0 spiro atoms. The van der Waals surface area contributed by atoms with E-state index in [4.69, 9.17) is 10.8 Å². The van der Waals surface area contributed by atoms with Gasteiger partial charge in [0.1, 0.15) is 0 Å². The predicted octanol–water partition coefficient (Wildman–Crippen LogP) is 1.62. The van der Waals surface area contributed by atoms with Crippen LogP contribution in [0, 0.1) is 11.8 Å². The number of carboxylic acid groups (broad SMARTS) is 1. The highest BCUT2D eigenvalue weighted by Gasteiger charge is 2.33. The molecule has 1 fully saturated rings. The summed E-state index contributed by atoms with van der Waals surface area (Å²) in [4.78, 5) is 33.6. The molecule has 3 amide bonds. The molecule has 1 aliphatic carbocycles. The normalized spacial score (nSPS) is 20.8. The van der Waals surface area contributed by atoms with Crippen LogP contribution in [-0.2, 0) is 9.59 Å². The molecule has 1 aromatic rings. The van der Waals surface area contributed by atoms with Crippen molar-refractivity contribution in [1.29, 1.82) is 0 Å². The summed E-state index contributed by atoms with van der Waals surface area (Å²) in [6.07, 6.45) is 1.50. The Morgan fingerprint density at radius 3 is 2.00 bits per heavy atom. The summed E-state index contributed by atoms with van der Waals surface area (Å²) in [5, 5.41) is 14.1. The van der Waals surface area contributed by atoms with Gasteiger partial charge in [-0.05, 0) is 43.5 Å². The average Bonchev–Trinajstić information content (AvgIpc) is 2.90. The average molecular weight is 291 g/mol. The Bertz CT molecular complexity index is 556. The van der Waals surface area contributed by atoms with Crippen molar-refractivity contribution in [2.24, 2.45) is 17.6 Å². The number of aliphatic carboxylic acids is 1. The summed E-state index contributed by atoms with van der Waals surface area (Å²) in [5.41, 5.74) is 6.12. The molecule has 0 bridgehead atoms. The quantitative estimate of drug-likeness (QED) is 0.673. The summed E-state index contributed by atoms with van der Waals surface area (Å²) < 4.78 is 0. The van der Waals surface area contributed by atoms with Gasteiger partial charge in [-0.3, -0.25) is 9.59 Å². The first-order valence-electron chi connectivity index (χ1n) is 6.66. The van der Waals surface area contributed by atoms with Crippen LogP contribution in [0.2, 0.25) is 0 Å². The van der Waals surface area contributed by atoms with Crippen LogP contribution in [0.5, 0.6) is 0 Å². The minimum absolute atomic E-state index is 0.172. The van der Waals surface area contributed by atoms with Gasteiger partial charge < -0.3 is 21.5 Å². The second-order valence-corrected chi connectivity index (χ2v) is 5.10. The van der Waals surface area contributed by atoms with E-state index in [0.717, 1.165) is 0 Å². The van der Waals surface area contributed by atoms with Gasteiger partial charge in [0.15, 0.2) is 0 Å². The lowest BCUT2D eigenvalue weighted by Crippen LogP contribution is -2.22. The molecule has 1 aromatic carbocycles. The Kier molecular flexibility index (Phi) is 4.42. The van der Waals surface area contributed by atoms with E-state index in [1.165, 1.54) is 0 Å². The molecular formula is C14H17N3O4. The number of nitrogens with one attached hydrogen (secondary N) is 2. The molecule has 0 aliphatic heterocycles. The zero-order chi connectivity index (χ0) is 15.4. The number of amides is 3. The Labute approximate surface area is 121 Å². The van der Waals surface area contributed by atoms with Gasteiger partial charge in [0.2, 0.25) is 5.91 Å². The molecule has 0 saturated heterocycles. The van der Waals surface area contributed by atoms with Crippen molar-refractivity contribution >= 4 is 29.3 Å². The van der Waals surface area contributed by atoms with Crippen molar-refractivity contribution in [2.75, 3.05) is 10.6 Å². The van der Waals surface area contributed by atoms with Gasteiger partial charge in [-0.2, -0.15) is 0 Å². The van der Waals surface area contributed by atoms with Crippen LogP contribution in [0.25, 0.3) is 0 Å². The fraction of sp³-hybridized carbons (Fsp3) is 0.357. The van der Waals surface area contributed by atoms with Crippen molar-refractivity contribution in [3.63, 3.8) is 0 Å². The number of primary amides is 1. The monoisotopic (exact) mass is 291 g/mol. The van der Waals surface area contributed by atoms with Gasteiger partial charge in [-0.25, -0.2) is 4.79 Å². The molecule has 1 aliphatic rings. The Morgan fingerprint density at radius 1 is 1.00 bits per heavy atom. The van der Waals surface area contributed by atoms with Crippen molar-refractivity contribution in [2.45, 2.75) is 19.3 Å². The van der Waals surface area contributed by atoms with Gasteiger partial charge >= 0.3 is 12.0 Å². The largest absolute Gasteiger partial charge is 0.481 e. The number of rotatable bonds is 4. The van der Waals surface area contributed by atoms with Crippen LogP contribution in [0.3, 0.4) is 0 Å². The van der Waals surface area contributed by atoms with E-state index in [1.807, 2.05) is 0 Å². The number of hydrogen-bond donors (Lipinski definition) is 4. The second kappa shape index (κ2) is 6.25. The van der Waals surface area contributed by atoms with Gasteiger partial charge in [0.25, 0.3) is 0 Å². The van der Waals surface area contributed by atoms with E-state index in [0.29, 0.717) is 30.6 Å².